The number of benzene rings is 1. The van der Waals surface area contributed by atoms with Gasteiger partial charge in [0.15, 0.2) is 0 Å². The fraction of sp³-hybridized carbons (Fsp3) is 0.536. The van der Waals surface area contributed by atoms with Crippen LogP contribution < -0.4 is 9.64 Å². The van der Waals surface area contributed by atoms with E-state index in [4.69, 9.17) is 4.74 Å². The van der Waals surface area contributed by atoms with Crippen LogP contribution in [0.4, 0.5) is 5.69 Å². The van der Waals surface area contributed by atoms with Crippen LogP contribution in [0, 0.1) is 17.2 Å². The Morgan fingerprint density at radius 1 is 1.11 bits per heavy atom. The van der Waals surface area contributed by atoms with Crippen molar-refractivity contribution in [2.75, 3.05) is 57.3 Å². The first kappa shape index (κ1) is 25.9. The van der Waals surface area contributed by atoms with Crippen LogP contribution in [0.5, 0.6) is 5.75 Å². The van der Waals surface area contributed by atoms with Gasteiger partial charge in [-0.05, 0) is 37.2 Å². The Kier molecular flexibility index (Phi) is 8.79. The number of fused-ring (bicyclic) bond motifs is 1. The molecule has 0 amide bonds. The highest BCUT2D eigenvalue weighted by Crippen LogP contribution is 2.24. The fourth-order valence-electron chi connectivity index (χ4n) is 4.84. The van der Waals surface area contributed by atoms with Crippen molar-refractivity contribution in [3.05, 3.63) is 48.0 Å². The lowest BCUT2D eigenvalue weighted by molar-refractivity contribution is 0.222. The highest BCUT2D eigenvalue weighted by molar-refractivity contribution is 5.77. The zero-order valence-electron chi connectivity index (χ0n) is 22.2. The number of piperazine rings is 1. The Labute approximate surface area is 215 Å². The maximum absolute atomic E-state index is 9.25. The highest BCUT2D eigenvalue weighted by atomic mass is 16.5. The van der Waals surface area contributed by atoms with Crippen molar-refractivity contribution >= 4 is 16.7 Å². The normalized spacial score (nSPS) is 14.6. The lowest BCUT2D eigenvalue weighted by Crippen LogP contribution is -2.46. The van der Waals surface area contributed by atoms with Gasteiger partial charge in [0.05, 0.1) is 0 Å². The predicted octanol–water partition coefficient (Wildman–Crippen LogP) is 4.00. The number of nitriles is 1. The SMILES string of the molecule is CCN(CC)CCOc1cccc(N2CCN(Cc3cc4cnc(C#N)nc4n3CC(C)C)CC2)c1. The maximum Gasteiger partial charge on any atom is 0.234 e. The van der Waals surface area contributed by atoms with E-state index in [9.17, 15) is 5.26 Å². The number of anilines is 1. The van der Waals surface area contributed by atoms with Crippen LogP contribution in [0.2, 0.25) is 0 Å². The summed E-state index contributed by atoms with van der Waals surface area (Å²) in [6.45, 7) is 18.2. The topological polar surface area (TPSA) is 73.5 Å². The van der Waals surface area contributed by atoms with E-state index in [2.05, 4.69) is 93.3 Å². The van der Waals surface area contributed by atoms with Gasteiger partial charge in [0.2, 0.25) is 5.82 Å². The second-order valence-electron chi connectivity index (χ2n) is 9.86. The molecule has 2 aromatic heterocycles. The molecule has 0 radical (unpaired) electrons. The van der Waals surface area contributed by atoms with E-state index in [-0.39, 0.29) is 5.82 Å². The number of ether oxygens (including phenoxy) is 1. The van der Waals surface area contributed by atoms with Crippen molar-refractivity contribution in [2.24, 2.45) is 5.92 Å². The van der Waals surface area contributed by atoms with Crippen molar-refractivity contribution in [3.8, 4) is 11.8 Å². The molecule has 1 aliphatic heterocycles. The molecule has 0 aliphatic carbocycles. The fourth-order valence-corrected chi connectivity index (χ4v) is 4.84. The minimum Gasteiger partial charge on any atom is -0.492 e. The van der Waals surface area contributed by atoms with Gasteiger partial charge in [0.25, 0.3) is 0 Å². The Morgan fingerprint density at radius 3 is 2.58 bits per heavy atom. The molecule has 8 nitrogen and oxygen atoms in total. The van der Waals surface area contributed by atoms with Gasteiger partial charge < -0.3 is 19.1 Å². The van der Waals surface area contributed by atoms with Gasteiger partial charge in [-0.3, -0.25) is 4.90 Å². The summed E-state index contributed by atoms with van der Waals surface area (Å²) in [6, 6.07) is 12.8. The molecule has 1 saturated heterocycles. The minimum absolute atomic E-state index is 0.227. The molecule has 4 rings (SSSR count). The molecular formula is C28H39N7O. The highest BCUT2D eigenvalue weighted by Gasteiger charge is 2.21. The first-order chi connectivity index (χ1) is 17.5. The van der Waals surface area contributed by atoms with E-state index in [1.807, 2.05) is 0 Å². The summed E-state index contributed by atoms with van der Waals surface area (Å²) in [4.78, 5) is 16.0. The molecule has 0 bridgehead atoms. The van der Waals surface area contributed by atoms with E-state index < -0.39 is 0 Å². The molecular weight excluding hydrogens is 450 g/mol. The third kappa shape index (κ3) is 6.34. The van der Waals surface area contributed by atoms with Gasteiger partial charge in [0.1, 0.15) is 24.1 Å². The molecule has 0 spiro atoms. The number of nitrogens with zero attached hydrogens (tertiary/aromatic N) is 7. The Balaban J connectivity index is 1.38. The summed E-state index contributed by atoms with van der Waals surface area (Å²) in [5.74, 6) is 1.65. The Bertz CT molecular complexity index is 1170. The van der Waals surface area contributed by atoms with Crippen LogP contribution in [0.25, 0.3) is 11.0 Å². The average molecular weight is 490 g/mol. The van der Waals surface area contributed by atoms with Crippen molar-refractivity contribution in [3.63, 3.8) is 0 Å². The van der Waals surface area contributed by atoms with Crippen LogP contribution in [-0.2, 0) is 13.1 Å². The van der Waals surface area contributed by atoms with Crippen molar-refractivity contribution in [1.29, 1.82) is 5.26 Å². The van der Waals surface area contributed by atoms with Gasteiger partial charge >= 0.3 is 0 Å². The van der Waals surface area contributed by atoms with E-state index >= 15 is 0 Å². The van der Waals surface area contributed by atoms with Gasteiger partial charge in [-0.15, -0.1) is 0 Å². The predicted molar refractivity (Wildman–Crippen MR) is 144 cm³/mol. The molecule has 8 heteroatoms. The molecule has 192 valence electrons. The quantitative estimate of drug-likeness (QED) is 0.403. The second kappa shape index (κ2) is 12.2. The number of hydrogen-bond donors (Lipinski definition) is 0. The van der Waals surface area contributed by atoms with Gasteiger partial charge in [-0.2, -0.15) is 5.26 Å². The van der Waals surface area contributed by atoms with Crippen LogP contribution in [0.3, 0.4) is 0 Å². The Hall–Kier alpha value is -3.15. The molecule has 36 heavy (non-hydrogen) atoms. The second-order valence-corrected chi connectivity index (χ2v) is 9.86. The molecule has 0 saturated carbocycles. The first-order valence-electron chi connectivity index (χ1n) is 13.2. The smallest absolute Gasteiger partial charge is 0.234 e. The van der Waals surface area contributed by atoms with Gasteiger partial charge in [-0.25, -0.2) is 9.97 Å². The summed E-state index contributed by atoms with van der Waals surface area (Å²) in [6.07, 6.45) is 1.77. The lowest BCUT2D eigenvalue weighted by Gasteiger charge is -2.36. The largest absolute Gasteiger partial charge is 0.492 e. The third-order valence-corrected chi connectivity index (χ3v) is 6.88. The lowest BCUT2D eigenvalue weighted by atomic mass is 10.2. The van der Waals surface area contributed by atoms with E-state index in [0.29, 0.717) is 12.5 Å². The molecule has 1 aromatic carbocycles. The summed E-state index contributed by atoms with van der Waals surface area (Å²) in [5.41, 5.74) is 3.32. The van der Waals surface area contributed by atoms with Crippen molar-refractivity contribution in [2.45, 2.75) is 40.8 Å². The summed E-state index contributed by atoms with van der Waals surface area (Å²) < 4.78 is 8.32. The zero-order chi connectivity index (χ0) is 25.5. The standard InChI is InChI=1S/C28H39N7O/c1-5-32(6-2)14-15-36-26-9-7-8-24(17-26)34-12-10-33(11-13-34)21-25-16-23-19-30-27(18-29)31-28(23)35(25)20-22(3)4/h7-9,16-17,19,22H,5-6,10-15,20-21H2,1-4H3. The monoisotopic (exact) mass is 489 g/mol. The Morgan fingerprint density at radius 2 is 1.89 bits per heavy atom. The van der Waals surface area contributed by atoms with Crippen molar-refractivity contribution < 1.29 is 4.74 Å². The molecule has 1 fully saturated rings. The van der Waals surface area contributed by atoms with Crippen LogP contribution in [0.15, 0.2) is 36.5 Å². The van der Waals surface area contributed by atoms with E-state index in [0.717, 1.165) is 75.7 Å². The maximum atomic E-state index is 9.25. The molecule has 3 aromatic rings. The summed E-state index contributed by atoms with van der Waals surface area (Å²) in [7, 11) is 0. The summed E-state index contributed by atoms with van der Waals surface area (Å²) >= 11 is 0. The number of hydrogen-bond acceptors (Lipinski definition) is 7. The van der Waals surface area contributed by atoms with E-state index in [1.165, 1.54) is 11.4 Å². The van der Waals surface area contributed by atoms with Crippen LogP contribution in [-0.4, -0.2) is 76.8 Å². The van der Waals surface area contributed by atoms with Crippen molar-refractivity contribution in [1.82, 2.24) is 24.3 Å². The zero-order valence-corrected chi connectivity index (χ0v) is 22.2. The average Bonchev–Trinajstić information content (AvgIpc) is 3.22. The van der Waals surface area contributed by atoms with E-state index in [1.54, 1.807) is 6.20 Å². The summed E-state index contributed by atoms with van der Waals surface area (Å²) in [5, 5.41) is 10.3. The molecule has 0 unspecified atom stereocenters. The van der Waals surface area contributed by atoms with Gasteiger partial charge in [-0.1, -0.05) is 33.8 Å². The van der Waals surface area contributed by atoms with Gasteiger partial charge in [0, 0.05) is 74.8 Å². The number of aromatic nitrogens is 3. The molecule has 0 atom stereocenters. The molecule has 3 heterocycles. The van der Waals surface area contributed by atoms with Crippen LogP contribution >= 0.6 is 0 Å². The third-order valence-electron chi connectivity index (χ3n) is 6.88. The minimum atomic E-state index is 0.227. The molecule has 0 N–H and O–H groups in total. The first-order valence-corrected chi connectivity index (χ1v) is 13.2. The van der Waals surface area contributed by atoms with Crippen LogP contribution in [0.1, 0.15) is 39.2 Å². The number of rotatable bonds is 11. The molecule has 1 aliphatic rings. The number of likely N-dealkylation sites (N-methyl/N-ethyl adjacent to an activating group) is 1.